The van der Waals surface area contributed by atoms with Gasteiger partial charge in [0.1, 0.15) is 0 Å². The third-order valence-corrected chi connectivity index (χ3v) is 5.86. The number of aryl methyl sites for hydroxylation is 2. The molecule has 0 radical (unpaired) electrons. The number of fused-ring (bicyclic) bond motifs is 2. The van der Waals surface area contributed by atoms with Gasteiger partial charge >= 0.3 is 5.69 Å². The van der Waals surface area contributed by atoms with Gasteiger partial charge < -0.3 is 9.47 Å². The predicted octanol–water partition coefficient (Wildman–Crippen LogP) is 1.08. The van der Waals surface area contributed by atoms with E-state index in [-0.39, 0.29) is 23.9 Å². The summed E-state index contributed by atoms with van der Waals surface area (Å²) in [5, 5.41) is 0. The first-order valence-electron chi connectivity index (χ1n) is 7.90. The molecule has 8 nitrogen and oxygen atoms in total. The van der Waals surface area contributed by atoms with Crippen molar-refractivity contribution in [3.63, 3.8) is 0 Å². The quantitative estimate of drug-likeness (QED) is 0.737. The van der Waals surface area contributed by atoms with Crippen molar-refractivity contribution < 1.29 is 17.9 Å². The Kier molecular flexibility index (Phi) is 3.78. The molecule has 136 valence electrons. The first-order valence-corrected chi connectivity index (χ1v) is 9.39. The number of nitrogens with one attached hydrogen (secondary N) is 1. The van der Waals surface area contributed by atoms with E-state index in [9.17, 15) is 13.2 Å². The summed E-state index contributed by atoms with van der Waals surface area (Å²) in [6, 6.07) is 9.89. The van der Waals surface area contributed by atoms with Crippen molar-refractivity contribution in [2.75, 3.05) is 6.79 Å². The van der Waals surface area contributed by atoms with E-state index in [1.807, 2.05) is 0 Å². The molecule has 0 fully saturated rings. The van der Waals surface area contributed by atoms with Crippen molar-refractivity contribution in [2.45, 2.75) is 11.4 Å². The maximum absolute atomic E-state index is 12.6. The molecule has 0 spiro atoms. The van der Waals surface area contributed by atoms with Crippen molar-refractivity contribution in [3.05, 3.63) is 52.4 Å². The minimum atomic E-state index is -3.73. The van der Waals surface area contributed by atoms with E-state index in [0.717, 1.165) is 5.56 Å². The molecule has 1 N–H and O–H groups in total. The van der Waals surface area contributed by atoms with Crippen LogP contribution in [0, 0.1) is 0 Å². The summed E-state index contributed by atoms with van der Waals surface area (Å²) in [6.45, 7) is 0.283. The molecule has 0 aliphatic carbocycles. The van der Waals surface area contributed by atoms with Crippen molar-refractivity contribution >= 4 is 21.1 Å². The molecule has 0 saturated heterocycles. The Morgan fingerprint density at radius 3 is 2.54 bits per heavy atom. The van der Waals surface area contributed by atoms with Crippen LogP contribution in [-0.4, -0.2) is 24.3 Å². The van der Waals surface area contributed by atoms with Gasteiger partial charge in [0.2, 0.25) is 16.8 Å². The van der Waals surface area contributed by atoms with Crippen LogP contribution in [0.3, 0.4) is 0 Å². The number of imidazole rings is 1. The molecule has 4 rings (SSSR count). The van der Waals surface area contributed by atoms with Crippen LogP contribution in [0.4, 0.5) is 0 Å². The van der Waals surface area contributed by atoms with Crippen LogP contribution in [-0.2, 0) is 30.7 Å². The van der Waals surface area contributed by atoms with Gasteiger partial charge in [-0.3, -0.25) is 9.13 Å². The lowest BCUT2D eigenvalue weighted by Gasteiger charge is -2.08. The maximum Gasteiger partial charge on any atom is 0.328 e. The van der Waals surface area contributed by atoms with Crippen LogP contribution in [0.25, 0.3) is 11.0 Å². The van der Waals surface area contributed by atoms with Crippen molar-refractivity contribution in [1.29, 1.82) is 0 Å². The zero-order chi connectivity index (χ0) is 18.5. The molecule has 0 unspecified atom stereocenters. The maximum atomic E-state index is 12.6. The molecular formula is C17H17N3O5S. The number of nitrogens with zero attached hydrogens (tertiary/aromatic N) is 2. The van der Waals surface area contributed by atoms with Gasteiger partial charge in [-0.25, -0.2) is 17.9 Å². The van der Waals surface area contributed by atoms with Crippen molar-refractivity contribution in [2.24, 2.45) is 14.1 Å². The van der Waals surface area contributed by atoms with Crippen LogP contribution in [0.1, 0.15) is 5.56 Å². The summed E-state index contributed by atoms with van der Waals surface area (Å²) in [5.74, 6) is 1.24. The molecule has 2 aromatic carbocycles. The highest BCUT2D eigenvalue weighted by atomic mass is 32.2. The average Bonchev–Trinajstić information content (AvgIpc) is 3.19. The third kappa shape index (κ3) is 2.65. The third-order valence-electron chi connectivity index (χ3n) is 4.46. The second kappa shape index (κ2) is 5.89. The molecule has 2 heterocycles. The number of rotatable bonds is 4. The van der Waals surface area contributed by atoms with Gasteiger partial charge in [-0.2, -0.15) is 0 Å². The minimum absolute atomic E-state index is 0.104. The van der Waals surface area contributed by atoms with Gasteiger partial charge in [-0.1, -0.05) is 6.07 Å². The second-order valence-electron chi connectivity index (χ2n) is 6.06. The van der Waals surface area contributed by atoms with Gasteiger partial charge in [0, 0.05) is 20.6 Å². The molecule has 0 bridgehead atoms. The Hall–Kier alpha value is -2.78. The number of sulfonamides is 1. The van der Waals surface area contributed by atoms with E-state index in [1.54, 1.807) is 38.4 Å². The van der Waals surface area contributed by atoms with Crippen LogP contribution < -0.4 is 19.9 Å². The normalized spacial score (nSPS) is 13.5. The average molecular weight is 375 g/mol. The Morgan fingerprint density at radius 2 is 1.73 bits per heavy atom. The second-order valence-corrected chi connectivity index (χ2v) is 7.83. The molecular weight excluding hydrogens is 358 g/mol. The molecule has 1 aliphatic heterocycles. The molecule has 0 atom stereocenters. The molecule has 0 amide bonds. The fourth-order valence-electron chi connectivity index (χ4n) is 2.97. The van der Waals surface area contributed by atoms with Gasteiger partial charge in [0.05, 0.1) is 15.9 Å². The van der Waals surface area contributed by atoms with Crippen LogP contribution in [0.5, 0.6) is 11.5 Å². The van der Waals surface area contributed by atoms with E-state index in [0.29, 0.717) is 22.5 Å². The lowest BCUT2D eigenvalue weighted by molar-refractivity contribution is 0.174. The largest absolute Gasteiger partial charge is 0.454 e. The van der Waals surface area contributed by atoms with Gasteiger partial charge in [-0.15, -0.1) is 0 Å². The number of benzene rings is 2. The summed E-state index contributed by atoms with van der Waals surface area (Å²) >= 11 is 0. The summed E-state index contributed by atoms with van der Waals surface area (Å²) < 4.78 is 41.3. The monoisotopic (exact) mass is 375 g/mol. The SMILES string of the molecule is Cn1c(=O)n(C)c2cc(S(=O)(=O)NCc3ccc4c(c3)OCO4)ccc21. The van der Waals surface area contributed by atoms with Crippen molar-refractivity contribution in [3.8, 4) is 11.5 Å². The first-order chi connectivity index (χ1) is 12.4. The van der Waals surface area contributed by atoms with Crippen molar-refractivity contribution in [1.82, 2.24) is 13.9 Å². The fourth-order valence-corrected chi connectivity index (χ4v) is 4.00. The highest BCUT2D eigenvalue weighted by molar-refractivity contribution is 7.89. The number of hydrogen-bond donors (Lipinski definition) is 1. The number of hydrogen-bond acceptors (Lipinski definition) is 5. The molecule has 1 aliphatic rings. The lowest BCUT2D eigenvalue weighted by atomic mass is 10.2. The van der Waals surface area contributed by atoms with Gasteiger partial charge in [-0.05, 0) is 35.9 Å². The van der Waals surface area contributed by atoms with E-state index < -0.39 is 10.0 Å². The Morgan fingerprint density at radius 1 is 1.00 bits per heavy atom. The highest BCUT2D eigenvalue weighted by Crippen LogP contribution is 2.32. The lowest BCUT2D eigenvalue weighted by Crippen LogP contribution is -2.23. The molecule has 0 saturated carbocycles. The molecule has 1 aromatic heterocycles. The molecule has 9 heteroatoms. The Balaban J connectivity index is 1.61. The van der Waals surface area contributed by atoms with E-state index in [2.05, 4.69) is 4.72 Å². The molecule has 26 heavy (non-hydrogen) atoms. The first kappa shape index (κ1) is 16.7. The zero-order valence-electron chi connectivity index (χ0n) is 14.2. The minimum Gasteiger partial charge on any atom is -0.454 e. The summed E-state index contributed by atoms with van der Waals surface area (Å²) in [5.41, 5.74) is 1.78. The number of aromatic nitrogens is 2. The summed E-state index contributed by atoms with van der Waals surface area (Å²) in [6.07, 6.45) is 0. The van der Waals surface area contributed by atoms with E-state index in [4.69, 9.17) is 9.47 Å². The van der Waals surface area contributed by atoms with E-state index >= 15 is 0 Å². The smallest absolute Gasteiger partial charge is 0.328 e. The van der Waals surface area contributed by atoms with Gasteiger partial charge in [0.25, 0.3) is 0 Å². The standard InChI is InChI=1S/C17H17N3O5S/c1-19-13-5-4-12(8-14(13)20(2)17(19)21)26(22,23)18-9-11-3-6-15-16(7-11)25-10-24-15/h3-8,18H,9-10H2,1-2H3. The highest BCUT2D eigenvalue weighted by Gasteiger charge is 2.18. The fraction of sp³-hybridized carbons (Fsp3) is 0.235. The van der Waals surface area contributed by atoms with Crippen LogP contribution in [0.15, 0.2) is 46.1 Å². The number of ether oxygens (including phenoxy) is 2. The summed E-state index contributed by atoms with van der Waals surface area (Å²) in [7, 11) is -0.469. The Labute approximate surface area is 149 Å². The van der Waals surface area contributed by atoms with E-state index in [1.165, 1.54) is 21.3 Å². The van der Waals surface area contributed by atoms with Gasteiger partial charge in [0.15, 0.2) is 11.5 Å². The molecule has 3 aromatic rings. The topological polar surface area (TPSA) is 91.6 Å². The Bertz CT molecular complexity index is 1180. The predicted molar refractivity (Wildman–Crippen MR) is 94.8 cm³/mol. The summed E-state index contributed by atoms with van der Waals surface area (Å²) in [4.78, 5) is 12.1. The van der Waals surface area contributed by atoms with Crippen LogP contribution in [0.2, 0.25) is 0 Å². The zero-order valence-corrected chi connectivity index (χ0v) is 15.0. The van der Waals surface area contributed by atoms with Crippen LogP contribution >= 0.6 is 0 Å².